The van der Waals surface area contributed by atoms with Crippen molar-refractivity contribution in [3.8, 4) is 11.4 Å². The monoisotopic (exact) mass is 371 g/mol. The van der Waals surface area contributed by atoms with Gasteiger partial charge >= 0.3 is 0 Å². The van der Waals surface area contributed by atoms with Crippen LogP contribution in [-0.4, -0.2) is 17.1 Å². The van der Waals surface area contributed by atoms with E-state index >= 15 is 0 Å². The topological polar surface area (TPSA) is 61.0 Å². The highest BCUT2D eigenvalue weighted by Crippen LogP contribution is 2.26. The number of benzene rings is 1. The maximum Gasteiger partial charge on any atom is 0.161 e. The number of nitrogens with zero attached hydrogens (tertiary/aromatic N) is 2. The van der Waals surface area contributed by atoms with Crippen molar-refractivity contribution in [2.24, 2.45) is 0 Å². The highest BCUT2D eigenvalue weighted by Gasteiger charge is 2.11. The zero-order chi connectivity index (χ0) is 13.1. The summed E-state index contributed by atoms with van der Waals surface area (Å²) in [6, 6.07) is 7.74. The second-order valence-corrected chi connectivity index (χ2v) is 5.34. The van der Waals surface area contributed by atoms with Gasteiger partial charge in [0, 0.05) is 17.1 Å². The number of halogens is 2. The molecule has 1 aromatic heterocycles. The molecule has 18 heavy (non-hydrogen) atoms. The lowest BCUT2D eigenvalue weighted by Gasteiger charge is -2.08. The minimum Gasteiger partial charge on any atom is -0.383 e. The van der Waals surface area contributed by atoms with Gasteiger partial charge in [0.1, 0.15) is 5.82 Å². The van der Waals surface area contributed by atoms with Crippen molar-refractivity contribution in [2.45, 2.75) is 6.61 Å². The van der Waals surface area contributed by atoms with Crippen LogP contribution in [0.15, 0.2) is 33.2 Å². The van der Waals surface area contributed by atoms with Crippen LogP contribution in [0.1, 0.15) is 5.69 Å². The van der Waals surface area contributed by atoms with Gasteiger partial charge < -0.3 is 10.5 Å². The molecule has 2 N–H and O–H groups in total. The summed E-state index contributed by atoms with van der Waals surface area (Å²) in [4.78, 5) is 8.71. The van der Waals surface area contributed by atoms with Gasteiger partial charge in [0.05, 0.1) is 16.8 Å². The molecule has 0 saturated carbocycles. The van der Waals surface area contributed by atoms with Gasteiger partial charge in [0.25, 0.3) is 0 Å². The minimum atomic E-state index is 0.386. The highest BCUT2D eigenvalue weighted by molar-refractivity contribution is 9.10. The van der Waals surface area contributed by atoms with E-state index in [0.717, 1.165) is 15.7 Å². The number of aromatic nitrogens is 2. The van der Waals surface area contributed by atoms with Crippen LogP contribution in [0.3, 0.4) is 0 Å². The molecule has 2 rings (SSSR count). The highest BCUT2D eigenvalue weighted by atomic mass is 79.9. The first-order chi connectivity index (χ1) is 8.61. The summed E-state index contributed by atoms with van der Waals surface area (Å²) in [6.45, 7) is 0.386. The summed E-state index contributed by atoms with van der Waals surface area (Å²) >= 11 is 6.75. The molecule has 0 amide bonds. The van der Waals surface area contributed by atoms with Crippen LogP contribution in [-0.2, 0) is 11.3 Å². The van der Waals surface area contributed by atoms with Crippen LogP contribution in [0.2, 0.25) is 0 Å². The zero-order valence-corrected chi connectivity index (χ0v) is 12.8. The standard InChI is InChI=1S/C12H11Br2N3O/c1-18-6-9-10(14)11(15)17-12(16-9)7-2-4-8(13)5-3-7/h2-5H,6H2,1H3,(H2,15,16,17). The molecule has 0 saturated heterocycles. The number of ether oxygens (including phenoxy) is 1. The number of nitrogens with two attached hydrogens (primary N) is 1. The number of methoxy groups -OCH3 is 1. The Balaban J connectivity index is 2.48. The molecule has 0 atom stereocenters. The molecule has 0 aliphatic heterocycles. The molecule has 6 heteroatoms. The Kier molecular flexibility index (Phi) is 4.31. The van der Waals surface area contributed by atoms with Crippen LogP contribution in [0, 0.1) is 0 Å². The second-order valence-electron chi connectivity index (χ2n) is 3.63. The van der Waals surface area contributed by atoms with E-state index in [1.54, 1.807) is 7.11 Å². The van der Waals surface area contributed by atoms with Crippen LogP contribution < -0.4 is 5.73 Å². The van der Waals surface area contributed by atoms with Crippen LogP contribution >= 0.6 is 31.9 Å². The summed E-state index contributed by atoms with van der Waals surface area (Å²) in [5.41, 5.74) is 7.51. The number of hydrogen-bond donors (Lipinski definition) is 1. The molecule has 1 aromatic carbocycles. The molecule has 4 nitrogen and oxygen atoms in total. The van der Waals surface area contributed by atoms with E-state index in [1.165, 1.54) is 0 Å². The van der Waals surface area contributed by atoms with E-state index in [1.807, 2.05) is 24.3 Å². The van der Waals surface area contributed by atoms with E-state index in [-0.39, 0.29) is 0 Å². The van der Waals surface area contributed by atoms with Crippen LogP contribution in [0.25, 0.3) is 11.4 Å². The number of rotatable bonds is 3. The lowest BCUT2D eigenvalue weighted by atomic mass is 10.2. The maximum absolute atomic E-state index is 5.86. The molecule has 0 spiro atoms. The summed E-state index contributed by atoms with van der Waals surface area (Å²) < 4.78 is 6.78. The van der Waals surface area contributed by atoms with Gasteiger partial charge in [-0.1, -0.05) is 28.1 Å². The fourth-order valence-electron chi connectivity index (χ4n) is 1.47. The van der Waals surface area contributed by atoms with Crippen LogP contribution in [0.5, 0.6) is 0 Å². The molecular formula is C12H11Br2N3O. The second kappa shape index (κ2) is 5.77. The van der Waals surface area contributed by atoms with Gasteiger partial charge in [0.15, 0.2) is 5.82 Å². The Hall–Kier alpha value is -0.980. The third kappa shape index (κ3) is 2.88. The van der Waals surface area contributed by atoms with E-state index < -0.39 is 0 Å². The quantitative estimate of drug-likeness (QED) is 0.896. The van der Waals surface area contributed by atoms with Crippen molar-refractivity contribution in [3.05, 3.63) is 38.9 Å². The Bertz CT molecular complexity index is 558. The largest absolute Gasteiger partial charge is 0.383 e. The van der Waals surface area contributed by atoms with Crippen molar-refractivity contribution in [3.63, 3.8) is 0 Å². The molecular weight excluding hydrogens is 362 g/mol. The Labute approximate surface area is 122 Å². The van der Waals surface area contributed by atoms with Crippen LogP contribution in [0.4, 0.5) is 5.82 Å². The number of hydrogen-bond acceptors (Lipinski definition) is 4. The lowest BCUT2D eigenvalue weighted by Crippen LogP contribution is -2.03. The molecule has 1 heterocycles. The maximum atomic E-state index is 5.86. The molecule has 0 aliphatic carbocycles. The van der Waals surface area contributed by atoms with Crippen molar-refractivity contribution in [1.82, 2.24) is 9.97 Å². The summed E-state index contributed by atoms with van der Waals surface area (Å²) in [5, 5.41) is 0. The van der Waals surface area contributed by atoms with E-state index in [9.17, 15) is 0 Å². The van der Waals surface area contributed by atoms with Gasteiger partial charge in [0.2, 0.25) is 0 Å². The Morgan fingerprint density at radius 1 is 1.17 bits per heavy atom. The first-order valence-electron chi connectivity index (χ1n) is 5.18. The van der Waals surface area contributed by atoms with Gasteiger partial charge in [-0.2, -0.15) is 0 Å². The van der Waals surface area contributed by atoms with E-state index in [4.69, 9.17) is 10.5 Å². The molecule has 0 fully saturated rings. The number of nitrogen functional groups attached to an aromatic ring is 1. The van der Waals surface area contributed by atoms with Crippen molar-refractivity contribution >= 4 is 37.7 Å². The summed E-state index contributed by atoms with van der Waals surface area (Å²) in [5.74, 6) is 1.00. The first kappa shape index (κ1) is 13.5. The Morgan fingerprint density at radius 3 is 2.44 bits per heavy atom. The fourth-order valence-corrected chi connectivity index (χ4v) is 2.03. The average molecular weight is 373 g/mol. The molecule has 0 radical (unpaired) electrons. The molecule has 0 aliphatic rings. The molecule has 2 aromatic rings. The lowest BCUT2D eigenvalue weighted by molar-refractivity contribution is 0.181. The Morgan fingerprint density at radius 2 is 1.83 bits per heavy atom. The van der Waals surface area contributed by atoms with E-state index in [2.05, 4.69) is 41.8 Å². The van der Waals surface area contributed by atoms with Crippen molar-refractivity contribution in [1.29, 1.82) is 0 Å². The van der Waals surface area contributed by atoms with E-state index in [0.29, 0.717) is 22.7 Å². The molecule has 94 valence electrons. The number of anilines is 1. The van der Waals surface area contributed by atoms with Crippen molar-refractivity contribution < 1.29 is 4.74 Å². The molecule has 0 bridgehead atoms. The zero-order valence-electron chi connectivity index (χ0n) is 9.65. The van der Waals surface area contributed by atoms with Gasteiger partial charge in [-0.15, -0.1) is 0 Å². The van der Waals surface area contributed by atoms with Gasteiger partial charge in [-0.3, -0.25) is 0 Å². The van der Waals surface area contributed by atoms with Gasteiger partial charge in [-0.25, -0.2) is 9.97 Å². The average Bonchev–Trinajstić information content (AvgIpc) is 2.36. The molecule has 0 unspecified atom stereocenters. The summed E-state index contributed by atoms with van der Waals surface area (Å²) in [6.07, 6.45) is 0. The van der Waals surface area contributed by atoms with Gasteiger partial charge in [-0.05, 0) is 28.1 Å². The SMILES string of the molecule is COCc1nc(-c2ccc(Br)cc2)nc(N)c1Br. The predicted octanol–water partition coefficient (Wildman–Crippen LogP) is 3.40. The third-order valence-electron chi connectivity index (χ3n) is 2.33. The minimum absolute atomic E-state index is 0.386. The third-order valence-corrected chi connectivity index (χ3v) is 3.72. The predicted molar refractivity (Wildman–Crippen MR) is 78.0 cm³/mol. The fraction of sp³-hybridized carbons (Fsp3) is 0.167. The van der Waals surface area contributed by atoms with Crippen molar-refractivity contribution in [2.75, 3.05) is 12.8 Å². The summed E-state index contributed by atoms with van der Waals surface area (Å²) in [7, 11) is 1.62. The normalized spacial score (nSPS) is 10.6. The smallest absolute Gasteiger partial charge is 0.161 e. The first-order valence-corrected chi connectivity index (χ1v) is 6.77.